The maximum Gasteiger partial charge on any atom is 0.299 e. The summed E-state index contributed by atoms with van der Waals surface area (Å²) in [5.74, 6) is 1.59. The van der Waals surface area contributed by atoms with E-state index in [1.165, 1.54) is 31.2 Å². The smallest absolute Gasteiger partial charge is 0.299 e. The lowest BCUT2D eigenvalue weighted by molar-refractivity contribution is 0.147. The highest BCUT2D eigenvalue weighted by Crippen LogP contribution is 2.56. The molecular formula is C12H14IO2P. The molecule has 3 atom stereocenters. The van der Waals surface area contributed by atoms with Gasteiger partial charge in [-0.2, -0.15) is 0 Å². The van der Waals surface area contributed by atoms with Crippen molar-refractivity contribution in [3.05, 3.63) is 29.8 Å². The second-order valence-corrected chi connectivity index (χ2v) is 7.56. The molecular weight excluding hydrogens is 334 g/mol. The number of hydrogen-bond acceptors (Lipinski definition) is 2. The molecule has 0 aromatic heterocycles. The average molecular weight is 348 g/mol. The van der Waals surface area contributed by atoms with Gasteiger partial charge in [0, 0.05) is 33.5 Å². The number of fused-ring (bicyclic) bond motifs is 3. The Bertz CT molecular complexity index is 385. The Morgan fingerprint density at radius 1 is 1.19 bits per heavy atom. The van der Waals surface area contributed by atoms with Gasteiger partial charge in [-0.15, -0.1) is 0 Å². The van der Waals surface area contributed by atoms with Gasteiger partial charge >= 0.3 is 0 Å². The number of rotatable bonds is 0. The first-order valence-electron chi connectivity index (χ1n) is 5.74. The third-order valence-electron chi connectivity index (χ3n) is 3.41. The summed E-state index contributed by atoms with van der Waals surface area (Å²) >= 11 is 2.29. The van der Waals surface area contributed by atoms with E-state index in [0.29, 0.717) is 12.0 Å². The van der Waals surface area contributed by atoms with Crippen LogP contribution in [0.1, 0.15) is 37.2 Å². The van der Waals surface area contributed by atoms with E-state index in [0.717, 1.165) is 5.75 Å². The molecule has 2 unspecified atom stereocenters. The molecule has 0 radical (unpaired) electrons. The first kappa shape index (κ1) is 11.2. The van der Waals surface area contributed by atoms with Gasteiger partial charge in [-0.1, -0.05) is 31.0 Å². The molecule has 86 valence electrons. The van der Waals surface area contributed by atoms with E-state index in [1.807, 2.05) is 6.07 Å². The lowest BCUT2D eigenvalue weighted by atomic mass is 9.81. The van der Waals surface area contributed by atoms with Crippen LogP contribution in [0.25, 0.3) is 0 Å². The molecule has 0 bridgehead atoms. The predicted octanol–water partition coefficient (Wildman–Crippen LogP) is 4.78. The fraction of sp³-hybridized carbons (Fsp3) is 0.500. The van der Waals surface area contributed by atoms with E-state index in [9.17, 15) is 0 Å². The van der Waals surface area contributed by atoms with Crippen LogP contribution >= 0.6 is 28.1 Å². The molecule has 3 rings (SSSR count). The molecule has 1 saturated carbocycles. The third kappa shape index (κ3) is 2.09. The molecule has 1 aliphatic heterocycles. The van der Waals surface area contributed by atoms with Crippen molar-refractivity contribution in [2.24, 2.45) is 0 Å². The average Bonchev–Trinajstić information content (AvgIpc) is 2.44. The monoisotopic (exact) mass is 348 g/mol. The lowest BCUT2D eigenvalue weighted by Gasteiger charge is -2.29. The molecule has 2 nitrogen and oxygen atoms in total. The molecule has 4 heteroatoms. The summed E-state index contributed by atoms with van der Waals surface area (Å²) in [6, 6.07) is 7.65. The van der Waals surface area contributed by atoms with E-state index in [4.69, 9.17) is 9.05 Å². The molecule has 0 amide bonds. The van der Waals surface area contributed by atoms with Gasteiger partial charge in [-0.05, 0) is 18.9 Å². The Kier molecular flexibility index (Phi) is 3.37. The van der Waals surface area contributed by atoms with Crippen LogP contribution in [0.15, 0.2) is 24.3 Å². The normalized spacial score (nSPS) is 33.2. The fourth-order valence-electron chi connectivity index (χ4n) is 2.65. The molecule has 0 N–H and O–H groups in total. The summed E-state index contributed by atoms with van der Waals surface area (Å²) in [6.07, 6.45) is 5.41. The van der Waals surface area contributed by atoms with Crippen LogP contribution in [0.4, 0.5) is 0 Å². The zero-order valence-electron chi connectivity index (χ0n) is 8.93. The number of benzene rings is 1. The molecule has 1 aromatic carbocycles. The minimum absolute atomic E-state index is 0.375. The van der Waals surface area contributed by atoms with Crippen molar-refractivity contribution in [2.75, 3.05) is 0 Å². The Labute approximate surface area is 110 Å². The fourth-order valence-corrected chi connectivity index (χ4v) is 5.00. The highest BCUT2D eigenvalue weighted by molar-refractivity contribution is 14.2. The molecule has 2 aliphatic rings. The van der Waals surface area contributed by atoms with Gasteiger partial charge < -0.3 is 9.05 Å². The summed E-state index contributed by atoms with van der Waals surface area (Å²) in [5, 5.41) is 0. The standard InChI is InChI=1S/C12H14IO2P/c13-16-14-11-7-3-1-5-9(11)10-6-2-4-8-12(10)15-16/h1,3,5,7,10,12H,2,4,6,8H2/t10?,12-,16?/m0/s1. The minimum atomic E-state index is -0.778. The molecule has 1 aliphatic carbocycles. The molecule has 1 aromatic rings. The zero-order chi connectivity index (χ0) is 11.0. The third-order valence-corrected chi connectivity index (χ3v) is 5.46. The van der Waals surface area contributed by atoms with Crippen LogP contribution in [0.5, 0.6) is 5.75 Å². The van der Waals surface area contributed by atoms with Gasteiger partial charge in [0.25, 0.3) is 6.02 Å². The van der Waals surface area contributed by atoms with E-state index in [-0.39, 0.29) is 0 Å². The van der Waals surface area contributed by atoms with Crippen LogP contribution in [0, 0.1) is 0 Å². The number of halogens is 1. The number of hydrogen-bond donors (Lipinski definition) is 0. The van der Waals surface area contributed by atoms with Crippen LogP contribution < -0.4 is 4.52 Å². The minimum Gasteiger partial charge on any atom is -0.440 e. The molecule has 0 saturated heterocycles. The van der Waals surface area contributed by atoms with Crippen molar-refractivity contribution in [1.29, 1.82) is 0 Å². The SMILES string of the molecule is IP1Oc2ccccc2C2CCCC[C@@H]2O1. The second kappa shape index (κ2) is 4.79. The zero-order valence-corrected chi connectivity index (χ0v) is 12.0. The highest BCUT2D eigenvalue weighted by Gasteiger charge is 2.34. The van der Waals surface area contributed by atoms with Crippen molar-refractivity contribution in [1.82, 2.24) is 0 Å². The highest BCUT2D eigenvalue weighted by atomic mass is 127. The second-order valence-electron chi connectivity index (χ2n) is 4.38. The van der Waals surface area contributed by atoms with Gasteiger partial charge in [0.15, 0.2) is 0 Å². The summed E-state index contributed by atoms with van der Waals surface area (Å²) in [5.41, 5.74) is 1.36. The number of para-hydroxylation sites is 1. The Hall–Kier alpha value is 0.140. The van der Waals surface area contributed by atoms with Gasteiger partial charge in [0.05, 0.1) is 6.10 Å². The van der Waals surface area contributed by atoms with Crippen molar-refractivity contribution < 1.29 is 9.05 Å². The maximum absolute atomic E-state index is 6.03. The topological polar surface area (TPSA) is 18.5 Å². The van der Waals surface area contributed by atoms with E-state index in [2.05, 4.69) is 40.2 Å². The van der Waals surface area contributed by atoms with E-state index < -0.39 is 6.02 Å². The van der Waals surface area contributed by atoms with Crippen LogP contribution in [0.2, 0.25) is 0 Å². The van der Waals surface area contributed by atoms with Gasteiger partial charge in [-0.3, -0.25) is 0 Å². The first-order valence-corrected chi connectivity index (χ1v) is 9.70. The van der Waals surface area contributed by atoms with Crippen LogP contribution in [-0.2, 0) is 4.52 Å². The quantitative estimate of drug-likeness (QED) is 0.496. The van der Waals surface area contributed by atoms with Crippen LogP contribution in [-0.4, -0.2) is 6.10 Å². The van der Waals surface area contributed by atoms with Crippen molar-refractivity contribution in [3.63, 3.8) is 0 Å². The summed E-state index contributed by atoms with van der Waals surface area (Å²) < 4.78 is 11.9. The van der Waals surface area contributed by atoms with Gasteiger partial charge in [-0.25, -0.2) is 0 Å². The Balaban J connectivity index is 2.01. The van der Waals surface area contributed by atoms with Gasteiger partial charge in [0.1, 0.15) is 5.75 Å². The van der Waals surface area contributed by atoms with Crippen molar-refractivity contribution in [2.45, 2.75) is 37.7 Å². The Morgan fingerprint density at radius 2 is 2.00 bits per heavy atom. The predicted molar refractivity (Wildman–Crippen MR) is 74.1 cm³/mol. The van der Waals surface area contributed by atoms with Crippen molar-refractivity contribution in [3.8, 4) is 5.75 Å². The summed E-state index contributed by atoms with van der Waals surface area (Å²) in [6.45, 7) is 0. The molecule has 1 heterocycles. The van der Waals surface area contributed by atoms with E-state index >= 15 is 0 Å². The van der Waals surface area contributed by atoms with E-state index in [1.54, 1.807) is 0 Å². The molecule has 1 fully saturated rings. The molecule has 16 heavy (non-hydrogen) atoms. The van der Waals surface area contributed by atoms with Crippen LogP contribution in [0.3, 0.4) is 0 Å². The largest absolute Gasteiger partial charge is 0.440 e. The van der Waals surface area contributed by atoms with Crippen molar-refractivity contribution >= 4 is 28.1 Å². The summed E-state index contributed by atoms with van der Waals surface area (Å²) in [7, 11) is 0. The lowest BCUT2D eigenvalue weighted by Crippen LogP contribution is -2.23. The first-order chi connectivity index (χ1) is 7.84. The van der Waals surface area contributed by atoms with Gasteiger partial charge in [0.2, 0.25) is 0 Å². The maximum atomic E-state index is 6.03. The Morgan fingerprint density at radius 3 is 2.94 bits per heavy atom. The summed E-state index contributed by atoms with van der Waals surface area (Å²) in [4.78, 5) is 0. The molecule has 0 spiro atoms.